The summed E-state index contributed by atoms with van der Waals surface area (Å²) in [5, 5.41) is 6.73. The first-order chi connectivity index (χ1) is 8.16. The molecule has 0 radical (unpaired) electrons. The zero-order valence-corrected chi connectivity index (χ0v) is 11.6. The number of piperidine rings is 1. The fraction of sp³-hybridized carbons (Fsp3) is 0.417. The molecule has 3 nitrogen and oxygen atoms in total. The molecular weight excluding hydrogens is 304 g/mol. The number of carbonyl (C=O) groups excluding carboxylic acids is 1. The van der Waals surface area contributed by atoms with Gasteiger partial charge in [-0.1, -0.05) is 27.5 Å². The quantitative estimate of drug-likeness (QED) is 0.880. The van der Waals surface area contributed by atoms with Gasteiger partial charge in [-0.25, -0.2) is 0 Å². The van der Waals surface area contributed by atoms with Gasteiger partial charge >= 0.3 is 0 Å². The van der Waals surface area contributed by atoms with Gasteiger partial charge in [0.15, 0.2) is 0 Å². The van der Waals surface area contributed by atoms with Crippen molar-refractivity contribution in [3.05, 3.63) is 33.3 Å². The van der Waals surface area contributed by atoms with Gasteiger partial charge in [0.05, 0.1) is 10.6 Å². The normalized spacial score (nSPS) is 20.0. The lowest BCUT2D eigenvalue weighted by Gasteiger charge is -2.24. The summed E-state index contributed by atoms with van der Waals surface area (Å²) >= 11 is 9.35. The summed E-state index contributed by atoms with van der Waals surface area (Å²) in [7, 11) is 0. The Morgan fingerprint density at radius 2 is 2.35 bits per heavy atom. The topological polar surface area (TPSA) is 41.1 Å². The molecule has 5 heteroatoms. The molecule has 2 N–H and O–H groups in total. The fourth-order valence-electron chi connectivity index (χ4n) is 1.91. The maximum Gasteiger partial charge on any atom is 0.253 e. The van der Waals surface area contributed by atoms with Gasteiger partial charge in [0.25, 0.3) is 5.91 Å². The molecule has 1 aliphatic rings. The smallest absolute Gasteiger partial charge is 0.253 e. The van der Waals surface area contributed by atoms with Crippen LogP contribution < -0.4 is 10.6 Å². The van der Waals surface area contributed by atoms with E-state index >= 15 is 0 Å². The molecule has 1 amide bonds. The minimum Gasteiger partial charge on any atom is -0.348 e. The molecule has 1 aromatic carbocycles. The van der Waals surface area contributed by atoms with Crippen LogP contribution in [0.25, 0.3) is 0 Å². The van der Waals surface area contributed by atoms with Gasteiger partial charge in [-0.3, -0.25) is 4.79 Å². The molecule has 0 bridgehead atoms. The van der Waals surface area contributed by atoms with Crippen molar-refractivity contribution in [3.63, 3.8) is 0 Å². The summed E-state index contributed by atoms with van der Waals surface area (Å²) in [5.74, 6) is -0.101. The second-order valence-electron chi connectivity index (χ2n) is 4.14. The molecule has 1 atom stereocenters. The van der Waals surface area contributed by atoms with Gasteiger partial charge in [0.1, 0.15) is 0 Å². The lowest BCUT2D eigenvalue weighted by molar-refractivity contribution is 0.0931. The molecule has 92 valence electrons. The summed E-state index contributed by atoms with van der Waals surface area (Å²) in [6.45, 7) is 1.87. The zero-order valence-electron chi connectivity index (χ0n) is 9.30. The van der Waals surface area contributed by atoms with E-state index < -0.39 is 0 Å². The summed E-state index contributed by atoms with van der Waals surface area (Å²) in [6.07, 6.45) is 2.12. The molecule has 1 aromatic rings. The van der Waals surface area contributed by atoms with Crippen molar-refractivity contribution in [1.29, 1.82) is 0 Å². The van der Waals surface area contributed by atoms with Crippen LogP contribution in [0.2, 0.25) is 5.02 Å². The highest BCUT2D eigenvalue weighted by atomic mass is 79.9. The summed E-state index contributed by atoms with van der Waals surface area (Å²) in [5.41, 5.74) is 0.528. The van der Waals surface area contributed by atoms with Crippen LogP contribution in [0.3, 0.4) is 0 Å². The van der Waals surface area contributed by atoms with Crippen LogP contribution in [0.15, 0.2) is 22.7 Å². The highest BCUT2D eigenvalue weighted by molar-refractivity contribution is 9.10. The van der Waals surface area contributed by atoms with Crippen LogP contribution >= 0.6 is 27.5 Å². The number of nitrogens with one attached hydrogen (secondary N) is 2. The minimum atomic E-state index is -0.101. The molecule has 2 rings (SSSR count). The second-order valence-corrected chi connectivity index (χ2v) is 5.46. The molecule has 17 heavy (non-hydrogen) atoms. The minimum absolute atomic E-state index is 0.101. The van der Waals surface area contributed by atoms with Gasteiger partial charge in [-0.15, -0.1) is 0 Å². The molecule has 0 aromatic heterocycles. The molecule has 1 heterocycles. The van der Waals surface area contributed by atoms with E-state index in [1.807, 2.05) is 6.07 Å². The van der Waals surface area contributed by atoms with E-state index in [-0.39, 0.29) is 11.9 Å². The lowest BCUT2D eigenvalue weighted by atomic mass is 10.1. The number of hydrogen-bond acceptors (Lipinski definition) is 2. The number of benzene rings is 1. The Bertz CT molecular complexity index is 419. The lowest BCUT2D eigenvalue weighted by Crippen LogP contribution is -2.45. The number of halogens is 2. The molecule has 0 spiro atoms. The van der Waals surface area contributed by atoms with Gasteiger partial charge in [0.2, 0.25) is 0 Å². The number of amides is 1. The van der Waals surface area contributed by atoms with Crippen molar-refractivity contribution < 1.29 is 4.79 Å². The molecule has 1 saturated heterocycles. The van der Waals surface area contributed by atoms with Crippen molar-refractivity contribution >= 4 is 33.4 Å². The standard InChI is InChI=1S/C12H14BrClN2O/c13-8-3-4-10(11(14)6-8)12(17)16-9-2-1-5-15-7-9/h3-4,6,9,15H,1-2,5,7H2,(H,16,17)/t9-/m1/s1. The van der Waals surface area contributed by atoms with E-state index in [1.165, 1.54) is 0 Å². The summed E-state index contributed by atoms with van der Waals surface area (Å²) in [6, 6.07) is 5.49. The Balaban J connectivity index is 2.03. The highest BCUT2D eigenvalue weighted by Crippen LogP contribution is 2.21. The van der Waals surface area contributed by atoms with E-state index in [4.69, 9.17) is 11.6 Å². The SMILES string of the molecule is O=C(N[C@@H]1CCCNC1)c1ccc(Br)cc1Cl. The fourth-order valence-corrected chi connectivity index (χ4v) is 2.67. The van der Waals surface area contributed by atoms with Gasteiger partial charge in [0, 0.05) is 17.1 Å². The average molecular weight is 318 g/mol. The van der Waals surface area contributed by atoms with E-state index in [2.05, 4.69) is 26.6 Å². The first-order valence-corrected chi connectivity index (χ1v) is 6.80. The molecule has 0 aliphatic carbocycles. The van der Waals surface area contributed by atoms with E-state index in [0.29, 0.717) is 10.6 Å². The maximum atomic E-state index is 12.0. The van der Waals surface area contributed by atoms with E-state index in [1.54, 1.807) is 12.1 Å². The van der Waals surface area contributed by atoms with Gasteiger partial charge in [-0.05, 0) is 37.6 Å². The van der Waals surface area contributed by atoms with Crippen molar-refractivity contribution in [1.82, 2.24) is 10.6 Å². The predicted molar refractivity (Wildman–Crippen MR) is 72.5 cm³/mol. The molecule has 1 fully saturated rings. The van der Waals surface area contributed by atoms with Gasteiger partial charge < -0.3 is 10.6 Å². The third-order valence-electron chi connectivity index (χ3n) is 2.81. The Morgan fingerprint density at radius 3 is 3.00 bits per heavy atom. The second kappa shape index (κ2) is 5.85. The van der Waals surface area contributed by atoms with Crippen molar-refractivity contribution in [2.75, 3.05) is 13.1 Å². The van der Waals surface area contributed by atoms with Crippen LogP contribution in [0, 0.1) is 0 Å². The van der Waals surface area contributed by atoms with Crippen LogP contribution in [0.5, 0.6) is 0 Å². The zero-order chi connectivity index (χ0) is 12.3. The Hall–Kier alpha value is -0.580. The van der Waals surface area contributed by atoms with Gasteiger partial charge in [-0.2, -0.15) is 0 Å². The predicted octanol–water partition coefficient (Wildman–Crippen LogP) is 2.58. The van der Waals surface area contributed by atoms with E-state index in [0.717, 1.165) is 30.4 Å². The van der Waals surface area contributed by atoms with Crippen molar-refractivity contribution in [3.8, 4) is 0 Å². The summed E-state index contributed by atoms with van der Waals surface area (Å²) in [4.78, 5) is 12.0. The van der Waals surface area contributed by atoms with E-state index in [9.17, 15) is 4.79 Å². The highest BCUT2D eigenvalue weighted by Gasteiger charge is 2.17. The number of carbonyl (C=O) groups is 1. The first-order valence-electron chi connectivity index (χ1n) is 5.63. The van der Waals surface area contributed by atoms with Crippen molar-refractivity contribution in [2.45, 2.75) is 18.9 Å². The van der Waals surface area contributed by atoms with Crippen LogP contribution in [-0.2, 0) is 0 Å². The largest absolute Gasteiger partial charge is 0.348 e. The van der Waals surface area contributed by atoms with Crippen LogP contribution in [-0.4, -0.2) is 25.0 Å². The Labute approximate surface area is 114 Å². The Kier molecular flexibility index (Phi) is 4.42. The monoisotopic (exact) mass is 316 g/mol. The van der Waals surface area contributed by atoms with Crippen molar-refractivity contribution in [2.24, 2.45) is 0 Å². The summed E-state index contributed by atoms with van der Waals surface area (Å²) < 4.78 is 0.874. The van der Waals surface area contributed by atoms with Crippen LogP contribution in [0.4, 0.5) is 0 Å². The Morgan fingerprint density at radius 1 is 1.53 bits per heavy atom. The number of rotatable bonds is 2. The average Bonchev–Trinajstić information content (AvgIpc) is 2.30. The molecule has 1 aliphatic heterocycles. The third-order valence-corrected chi connectivity index (χ3v) is 3.61. The maximum absolute atomic E-state index is 12.0. The third kappa shape index (κ3) is 3.44. The molecular formula is C12H14BrClN2O. The number of hydrogen-bond donors (Lipinski definition) is 2. The van der Waals surface area contributed by atoms with Crippen LogP contribution in [0.1, 0.15) is 23.2 Å². The first kappa shape index (κ1) is 12.9. The molecule has 0 saturated carbocycles. The molecule has 0 unspecified atom stereocenters.